The number of aromatic hydroxyl groups is 1. The molecule has 0 bridgehead atoms. The minimum atomic E-state index is -0.0850. The van der Waals surface area contributed by atoms with Gasteiger partial charge in [0.25, 0.3) is 0 Å². The minimum absolute atomic E-state index is 0.0665. The summed E-state index contributed by atoms with van der Waals surface area (Å²) in [4.78, 5) is 11.8. The lowest BCUT2D eigenvalue weighted by molar-refractivity contribution is -0.117. The average Bonchev–Trinajstić information content (AvgIpc) is 2.08. The summed E-state index contributed by atoms with van der Waals surface area (Å²) in [6.45, 7) is 7.85. The first-order valence-electron chi connectivity index (χ1n) is 5.48. The second-order valence-corrected chi connectivity index (χ2v) is 6.32. The highest BCUT2D eigenvalue weighted by Gasteiger charge is 2.17. The van der Waals surface area contributed by atoms with Gasteiger partial charge in [0, 0.05) is 10.9 Å². The van der Waals surface area contributed by atoms with Crippen LogP contribution in [0.15, 0.2) is 16.6 Å². The third-order valence-corrected chi connectivity index (χ3v) is 2.69. The van der Waals surface area contributed by atoms with E-state index in [2.05, 4.69) is 21.2 Å². The molecule has 0 unspecified atom stereocenters. The first-order valence-corrected chi connectivity index (χ1v) is 6.27. The molecular formula is C13H18BrNO2. The zero-order valence-electron chi connectivity index (χ0n) is 10.6. The molecule has 0 heterocycles. The van der Waals surface area contributed by atoms with Crippen LogP contribution in [0.5, 0.6) is 5.75 Å². The van der Waals surface area contributed by atoms with E-state index in [1.807, 2.05) is 33.8 Å². The van der Waals surface area contributed by atoms with Crippen molar-refractivity contribution in [3.63, 3.8) is 0 Å². The van der Waals surface area contributed by atoms with Crippen LogP contribution in [-0.4, -0.2) is 11.0 Å². The second kappa shape index (κ2) is 5.08. The van der Waals surface area contributed by atoms with Crippen LogP contribution in [0, 0.1) is 12.3 Å². The normalized spacial score (nSPS) is 11.4. The number of rotatable bonds is 2. The van der Waals surface area contributed by atoms with Crippen LogP contribution < -0.4 is 5.32 Å². The van der Waals surface area contributed by atoms with E-state index in [0.717, 1.165) is 10.0 Å². The van der Waals surface area contributed by atoms with Gasteiger partial charge in [0.1, 0.15) is 5.75 Å². The van der Waals surface area contributed by atoms with Gasteiger partial charge in [0.15, 0.2) is 0 Å². The SMILES string of the molecule is Cc1cc(Br)cc(O)c1NC(=O)CC(C)(C)C. The molecule has 0 radical (unpaired) electrons. The van der Waals surface area contributed by atoms with E-state index in [9.17, 15) is 9.90 Å². The maximum Gasteiger partial charge on any atom is 0.225 e. The molecule has 0 fully saturated rings. The Morgan fingerprint density at radius 2 is 2.00 bits per heavy atom. The number of phenols is 1. The number of halogens is 1. The van der Waals surface area contributed by atoms with E-state index >= 15 is 0 Å². The number of benzene rings is 1. The van der Waals surface area contributed by atoms with E-state index in [-0.39, 0.29) is 17.1 Å². The molecule has 1 amide bonds. The number of phenolic OH excluding ortho intramolecular Hbond substituents is 1. The Labute approximate surface area is 110 Å². The number of amides is 1. The van der Waals surface area contributed by atoms with Crippen molar-refractivity contribution in [3.05, 3.63) is 22.2 Å². The van der Waals surface area contributed by atoms with Gasteiger partial charge in [-0.25, -0.2) is 0 Å². The molecule has 0 atom stereocenters. The molecule has 0 aliphatic carbocycles. The van der Waals surface area contributed by atoms with E-state index in [4.69, 9.17) is 0 Å². The van der Waals surface area contributed by atoms with Crippen molar-refractivity contribution in [1.29, 1.82) is 0 Å². The van der Waals surface area contributed by atoms with Gasteiger partial charge in [0.05, 0.1) is 5.69 Å². The van der Waals surface area contributed by atoms with Crippen molar-refractivity contribution < 1.29 is 9.90 Å². The fraction of sp³-hybridized carbons (Fsp3) is 0.462. The summed E-state index contributed by atoms with van der Waals surface area (Å²) < 4.78 is 0.793. The zero-order valence-corrected chi connectivity index (χ0v) is 12.2. The Hall–Kier alpha value is -1.03. The first-order chi connectivity index (χ1) is 7.69. The molecule has 0 aliphatic rings. The zero-order chi connectivity index (χ0) is 13.2. The third kappa shape index (κ3) is 4.38. The molecule has 94 valence electrons. The average molecular weight is 300 g/mol. The third-order valence-electron chi connectivity index (χ3n) is 2.23. The van der Waals surface area contributed by atoms with Crippen molar-refractivity contribution in [2.24, 2.45) is 5.41 Å². The second-order valence-electron chi connectivity index (χ2n) is 5.40. The number of carbonyl (C=O) groups excluding carboxylic acids is 1. The van der Waals surface area contributed by atoms with Gasteiger partial charge in [-0.05, 0) is 30.0 Å². The molecule has 1 aromatic carbocycles. The van der Waals surface area contributed by atoms with Crippen molar-refractivity contribution in [2.45, 2.75) is 34.1 Å². The topological polar surface area (TPSA) is 49.3 Å². The summed E-state index contributed by atoms with van der Waals surface area (Å²) in [5.41, 5.74) is 1.25. The number of anilines is 1. The molecule has 17 heavy (non-hydrogen) atoms. The first kappa shape index (κ1) is 14.0. The Balaban J connectivity index is 2.86. The lowest BCUT2D eigenvalue weighted by atomic mass is 9.92. The van der Waals surface area contributed by atoms with Crippen molar-refractivity contribution in [3.8, 4) is 5.75 Å². The van der Waals surface area contributed by atoms with E-state index in [1.54, 1.807) is 6.07 Å². The summed E-state index contributed by atoms with van der Waals surface area (Å²) in [5, 5.41) is 12.5. The van der Waals surface area contributed by atoms with Crippen LogP contribution in [-0.2, 0) is 4.79 Å². The maximum absolute atomic E-state index is 11.8. The van der Waals surface area contributed by atoms with Gasteiger partial charge in [0.2, 0.25) is 5.91 Å². The van der Waals surface area contributed by atoms with E-state index in [0.29, 0.717) is 12.1 Å². The van der Waals surface area contributed by atoms with Crippen LogP contribution in [0.1, 0.15) is 32.8 Å². The smallest absolute Gasteiger partial charge is 0.225 e. The lowest BCUT2D eigenvalue weighted by Gasteiger charge is -2.18. The van der Waals surface area contributed by atoms with Crippen LogP contribution in [0.25, 0.3) is 0 Å². The summed E-state index contributed by atoms with van der Waals surface area (Å²) in [6, 6.07) is 3.42. The number of aryl methyl sites for hydroxylation is 1. The van der Waals surface area contributed by atoms with Crippen molar-refractivity contribution >= 4 is 27.5 Å². The Bertz CT molecular complexity index is 413. The fourth-order valence-corrected chi connectivity index (χ4v) is 2.11. The molecule has 0 aromatic heterocycles. The highest BCUT2D eigenvalue weighted by Crippen LogP contribution is 2.31. The van der Waals surface area contributed by atoms with Gasteiger partial charge in [-0.3, -0.25) is 4.79 Å². The fourth-order valence-electron chi connectivity index (χ4n) is 1.55. The molecule has 0 aliphatic heterocycles. The Morgan fingerprint density at radius 1 is 1.41 bits per heavy atom. The van der Waals surface area contributed by atoms with Gasteiger partial charge in [-0.15, -0.1) is 0 Å². The summed E-state index contributed by atoms with van der Waals surface area (Å²) in [6.07, 6.45) is 0.419. The van der Waals surface area contributed by atoms with Crippen LogP contribution in [0.4, 0.5) is 5.69 Å². The molecule has 2 N–H and O–H groups in total. The van der Waals surface area contributed by atoms with Gasteiger partial charge in [-0.2, -0.15) is 0 Å². The molecule has 1 aromatic rings. The highest BCUT2D eigenvalue weighted by atomic mass is 79.9. The molecule has 1 rings (SSSR count). The summed E-state index contributed by atoms with van der Waals surface area (Å²) >= 11 is 3.29. The van der Waals surface area contributed by atoms with Crippen LogP contribution in [0.3, 0.4) is 0 Å². The molecule has 4 heteroatoms. The molecule has 3 nitrogen and oxygen atoms in total. The maximum atomic E-state index is 11.8. The highest BCUT2D eigenvalue weighted by molar-refractivity contribution is 9.10. The van der Waals surface area contributed by atoms with Gasteiger partial charge >= 0.3 is 0 Å². The quantitative estimate of drug-likeness (QED) is 0.815. The number of hydrogen-bond acceptors (Lipinski definition) is 2. The standard InChI is InChI=1S/C13H18BrNO2/c1-8-5-9(14)6-10(16)12(8)15-11(17)7-13(2,3)4/h5-6,16H,7H2,1-4H3,(H,15,17). The summed E-state index contributed by atoms with van der Waals surface area (Å²) in [5.74, 6) is -0.00245. The molecule has 0 saturated carbocycles. The summed E-state index contributed by atoms with van der Waals surface area (Å²) in [7, 11) is 0. The number of nitrogens with one attached hydrogen (secondary N) is 1. The van der Waals surface area contributed by atoms with Crippen molar-refractivity contribution in [1.82, 2.24) is 0 Å². The van der Waals surface area contributed by atoms with E-state index in [1.165, 1.54) is 0 Å². The number of carbonyl (C=O) groups is 1. The predicted octanol–water partition coefficient (Wildman–Crippen LogP) is 3.84. The monoisotopic (exact) mass is 299 g/mol. The Morgan fingerprint density at radius 3 is 2.47 bits per heavy atom. The predicted molar refractivity (Wildman–Crippen MR) is 73.2 cm³/mol. The van der Waals surface area contributed by atoms with E-state index < -0.39 is 0 Å². The van der Waals surface area contributed by atoms with Gasteiger partial charge in [-0.1, -0.05) is 36.7 Å². The van der Waals surface area contributed by atoms with Gasteiger partial charge < -0.3 is 10.4 Å². The minimum Gasteiger partial charge on any atom is -0.506 e. The van der Waals surface area contributed by atoms with Crippen LogP contribution >= 0.6 is 15.9 Å². The molecule has 0 saturated heterocycles. The van der Waals surface area contributed by atoms with Crippen LogP contribution in [0.2, 0.25) is 0 Å². The largest absolute Gasteiger partial charge is 0.506 e. The lowest BCUT2D eigenvalue weighted by Crippen LogP contribution is -2.20. The molecular weight excluding hydrogens is 282 g/mol. The van der Waals surface area contributed by atoms with Crippen molar-refractivity contribution in [2.75, 3.05) is 5.32 Å². The number of hydrogen-bond donors (Lipinski definition) is 2. The Kier molecular flexibility index (Phi) is 4.20. The molecule has 0 spiro atoms.